The van der Waals surface area contributed by atoms with Crippen LogP contribution in [0.1, 0.15) is 43.7 Å². The van der Waals surface area contributed by atoms with Crippen molar-refractivity contribution in [1.82, 2.24) is 4.98 Å². The SMILES string of the molecule is CCOC(=O)CC1CC=C(c2ccnc3ccc(C(F)(F)F)cc23)CC1. The third-order valence-corrected chi connectivity index (χ3v) is 4.70. The summed E-state index contributed by atoms with van der Waals surface area (Å²) in [4.78, 5) is 15.8. The lowest BCUT2D eigenvalue weighted by Crippen LogP contribution is -2.13. The van der Waals surface area contributed by atoms with E-state index in [0.29, 0.717) is 23.9 Å². The molecule has 138 valence electrons. The summed E-state index contributed by atoms with van der Waals surface area (Å²) in [7, 11) is 0. The zero-order valence-electron chi connectivity index (χ0n) is 14.5. The molecule has 2 aromatic rings. The van der Waals surface area contributed by atoms with Gasteiger partial charge in [-0.3, -0.25) is 9.78 Å². The standard InChI is InChI=1S/C20H20F3NO2/c1-2-26-19(25)11-13-3-5-14(6-4-13)16-9-10-24-18-8-7-15(12-17(16)18)20(21,22)23/h5,7-10,12-13H,2-4,6,11H2,1H3. The van der Waals surface area contributed by atoms with Crippen molar-refractivity contribution in [2.24, 2.45) is 5.92 Å². The number of pyridine rings is 1. The van der Waals surface area contributed by atoms with Gasteiger partial charge in [0, 0.05) is 18.0 Å². The Labute approximate surface area is 149 Å². The fraction of sp³-hybridized carbons (Fsp3) is 0.400. The molecule has 0 radical (unpaired) electrons. The second-order valence-electron chi connectivity index (χ2n) is 6.47. The van der Waals surface area contributed by atoms with E-state index in [2.05, 4.69) is 4.98 Å². The largest absolute Gasteiger partial charge is 0.466 e. The van der Waals surface area contributed by atoms with Crippen LogP contribution in [0.2, 0.25) is 0 Å². The Morgan fingerprint density at radius 2 is 2.12 bits per heavy atom. The molecule has 1 unspecified atom stereocenters. The van der Waals surface area contributed by atoms with Gasteiger partial charge in [-0.2, -0.15) is 13.2 Å². The maximum Gasteiger partial charge on any atom is 0.416 e. The van der Waals surface area contributed by atoms with Crippen molar-refractivity contribution in [2.45, 2.75) is 38.8 Å². The van der Waals surface area contributed by atoms with E-state index in [1.807, 2.05) is 6.08 Å². The average molecular weight is 363 g/mol. The molecule has 1 aliphatic carbocycles. The van der Waals surface area contributed by atoms with Crippen LogP contribution in [0.5, 0.6) is 0 Å². The molecule has 0 saturated carbocycles. The van der Waals surface area contributed by atoms with E-state index in [4.69, 9.17) is 4.74 Å². The molecular weight excluding hydrogens is 343 g/mol. The zero-order chi connectivity index (χ0) is 18.7. The summed E-state index contributed by atoms with van der Waals surface area (Å²) in [6, 6.07) is 5.40. The van der Waals surface area contributed by atoms with Crippen LogP contribution >= 0.6 is 0 Å². The van der Waals surface area contributed by atoms with Crippen LogP contribution in [0.25, 0.3) is 16.5 Å². The van der Waals surface area contributed by atoms with Crippen molar-refractivity contribution in [1.29, 1.82) is 0 Å². The molecule has 1 heterocycles. The molecule has 0 fully saturated rings. The number of fused-ring (bicyclic) bond motifs is 1. The number of alkyl halides is 3. The molecular formula is C20H20F3NO2. The third-order valence-electron chi connectivity index (χ3n) is 4.70. The van der Waals surface area contributed by atoms with Gasteiger partial charge >= 0.3 is 12.1 Å². The predicted molar refractivity (Wildman–Crippen MR) is 93.3 cm³/mol. The topological polar surface area (TPSA) is 39.2 Å². The van der Waals surface area contributed by atoms with Crippen LogP contribution in [-0.4, -0.2) is 17.6 Å². The Kier molecular flexibility index (Phi) is 5.30. The van der Waals surface area contributed by atoms with Gasteiger partial charge in [-0.25, -0.2) is 0 Å². The quantitative estimate of drug-likeness (QED) is 0.684. The first-order chi connectivity index (χ1) is 12.4. The van der Waals surface area contributed by atoms with Crippen molar-refractivity contribution in [2.75, 3.05) is 6.61 Å². The summed E-state index contributed by atoms with van der Waals surface area (Å²) >= 11 is 0. The number of benzene rings is 1. The molecule has 0 amide bonds. The van der Waals surface area contributed by atoms with Crippen molar-refractivity contribution < 1.29 is 22.7 Å². The highest BCUT2D eigenvalue weighted by Gasteiger charge is 2.31. The lowest BCUT2D eigenvalue weighted by Gasteiger charge is -2.22. The van der Waals surface area contributed by atoms with Crippen molar-refractivity contribution in [3.8, 4) is 0 Å². The Morgan fingerprint density at radius 1 is 1.31 bits per heavy atom. The summed E-state index contributed by atoms with van der Waals surface area (Å²) < 4.78 is 44.1. The maximum absolute atomic E-state index is 13.0. The lowest BCUT2D eigenvalue weighted by molar-refractivity contribution is -0.144. The van der Waals surface area contributed by atoms with E-state index in [0.717, 1.165) is 36.5 Å². The van der Waals surface area contributed by atoms with Gasteiger partial charge in [0.15, 0.2) is 0 Å². The molecule has 0 N–H and O–H groups in total. The number of nitrogens with zero attached hydrogens (tertiary/aromatic N) is 1. The van der Waals surface area contributed by atoms with Crippen molar-refractivity contribution >= 4 is 22.4 Å². The summed E-state index contributed by atoms with van der Waals surface area (Å²) in [5, 5.41) is 0.511. The van der Waals surface area contributed by atoms with Crippen LogP contribution in [0.15, 0.2) is 36.5 Å². The number of hydrogen-bond acceptors (Lipinski definition) is 3. The first-order valence-corrected chi connectivity index (χ1v) is 8.69. The van der Waals surface area contributed by atoms with Crippen LogP contribution in [0.4, 0.5) is 13.2 Å². The number of allylic oxidation sites excluding steroid dienone is 2. The minimum atomic E-state index is -4.38. The zero-order valence-corrected chi connectivity index (χ0v) is 14.5. The number of ether oxygens (including phenoxy) is 1. The number of aromatic nitrogens is 1. The van der Waals surface area contributed by atoms with Crippen LogP contribution in [0, 0.1) is 5.92 Å². The van der Waals surface area contributed by atoms with E-state index >= 15 is 0 Å². The number of carbonyl (C=O) groups excluding carboxylic acids is 1. The van der Waals surface area contributed by atoms with Gasteiger partial charge in [0.05, 0.1) is 17.7 Å². The molecule has 6 heteroatoms. The average Bonchev–Trinajstić information content (AvgIpc) is 2.61. The van der Waals surface area contributed by atoms with Crippen LogP contribution in [-0.2, 0) is 15.7 Å². The summed E-state index contributed by atoms with van der Waals surface area (Å²) in [5.74, 6) is 0.0233. The molecule has 1 atom stereocenters. The molecule has 0 saturated heterocycles. The highest BCUT2D eigenvalue weighted by Crippen LogP contribution is 2.37. The molecule has 0 bridgehead atoms. The molecule has 0 aliphatic heterocycles. The molecule has 3 rings (SSSR count). The molecule has 1 aromatic carbocycles. The summed E-state index contributed by atoms with van der Waals surface area (Å²) in [6.07, 6.45) is 1.91. The second-order valence-corrected chi connectivity index (χ2v) is 6.47. The van der Waals surface area contributed by atoms with Gasteiger partial charge in [-0.1, -0.05) is 6.08 Å². The minimum Gasteiger partial charge on any atom is -0.466 e. The van der Waals surface area contributed by atoms with Crippen molar-refractivity contribution in [3.05, 3.63) is 47.7 Å². The van der Waals surface area contributed by atoms with E-state index in [-0.39, 0.29) is 11.9 Å². The van der Waals surface area contributed by atoms with Gasteiger partial charge in [0.1, 0.15) is 0 Å². The fourth-order valence-corrected chi connectivity index (χ4v) is 3.38. The fourth-order valence-electron chi connectivity index (χ4n) is 3.38. The molecule has 26 heavy (non-hydrogen) atoms. The second kappa shape index (κ2) is 7.48. The normalized spacial score (nSPS) is 17.8. The maximum atomic E-state index is 13.0. The molecule has 1 aromatic heterocycles. The third kappa shape index (κ3) is 4.06. The summed E-state index contributed by atoms with van der Waals surface area (Å²) in [6.45, 7) is 2.15. The number of hydrogen-bond donors (Lipinski definition) is 0. The van der Waals surface area contributed by atoms with E-state index in [1.165, 1.54) is 12.1 Å². The monoisotopic (exact) mass is 363 g/mol. The molecule has 3 nitrogen and oxygen atoms in total. The Hall–Kier alpha value is -2.37. The van der Waals surface area contributed by atoms with Crippen molar-refractivity contribution in [3.63, 3.8) is 0 Å². The number of esters is 1. The number of rotatable bonds is 4. The van der Waals surface area contributed by atoms with Gasteiger partial charge in [-0.05, 0) is 67.5 Å². The van der Waals surface area contributed by atoms with Gasteiger partial charge in [0.25, 0.3) is 0 Å². The van der Waals surface area contributed by atoms with E-state index < -0.39 is 11.7 Å². The lowest BCUT2D eigenvalue weighted by atomic mass is 9.84. The Balaban J connectivity index is 1.86. The Bertz CT molecular complexity index is 843. The molecule has 1 aliphatic rings. The van der Waals surface area contributed by atoms with Gasteiger partial charge in [0.2, 0.25) is 0 Å². The molecule has 0 spiro atoms. The minimum absolute atomic E-state index is 0.196. The van der Waals surface area contributed by atoms with Crippen LogP contribution in [0.3, 0.4) is 0 Å². The van der Waals surface area contributed by atoms with Crippen LogP contribution < -0.4 is 0 Å². The number of carbonyl (C=O) groups is 1. The first-order valence-electron chi connectivity index (χ1n) is 8.69. The number of halogens is 3. The first kappa shape index (κ1) is 18.4. The predicted octanol–water partition coefficient (Wildman–Crippen LogP) is 5.39. The van der Waals surface area contributed by atoms with E-state index in [9.17, 15) is 18.0 Å². The smallest absolute Gasteiger partial charge is 0.416 e. The van der Waals surface area contributed by atoms with Gasteiger partial charge < -0.3 is 4.74 Å². The summed E-state index contributed by atoms with van der Waals surface area (Å²) in [5.41, 5.74) is 1.67. The van der Waals surface area contributed by atoms with E-state index in [1.54, 1.807) is 19.2 Å². The van der Waals surface area contributed by atoms with Gasteiger partial charge in [-0.15, -0.1) is 0 Å². The highest BCUT2D eigenvalue weighted by molar-refractivity contribution is 5.92. The Morgan fingerprint density at radius 3 is 2.77 bits per heavy atom. The highest BCUT2D eigenvalue weighted by atomic mass is 19.4.